The Morgan fingerprint density at radius 1 is 1.19 bits per heavy atom. The van der Waals surface area contributed by atoms with E-state index in [4.69, 9.17) is 5.84 Å². The van der Waals surface area contributed by atoms with Gasteiger partial charge in [0.25, 0.3) is 0 Å². The number of nitrogens with two attached hydrogens (primary N) is 1. The number of nitrogen functional groups attached to an aromatic ring is 1. The molecule has 3 N–H and O–H groups in total. The van der Waals surface area contributed by atoms with E-state index in [-0.39, 0.29) is 0 Å². The lowest BCUT2D eigenvalue weighted by Crippen LogP contribution is -2.36. The topological polar surface area (TPSA) is 83.2 Å². The van der Waals surface area contributed by atoms with Crippen molar-refractivity contribution in [2.24, 2.45) is 5.84 Å². The third-order valence-corrected chi connectivity index (χ3v) is 3.72. The number of nitrogens with one attached hydrogen (secondary N) is 1. The SMILES string of the molecule is CCCN(c1nc(NN)nc(N2CCCCC2)n1)C(C)C. The molecule has 21 heavy (non-hydrogen) atoms. The van der Waals surface area contributed by atoms with Crippen molar-refractivity contribution in [3.63, 3.8) is 0 Å². The highest BCUT2D eigenvalue weighted by molar-refractivity contribution is 5.45. The van der Waals surface area contributed by atoms with Gasteiger partial charge in [-0.15, -0.1) is 0 Å². The van der Waals surface area contributed by atoms with Crippen molar-refractivity contribution in [2.75, 3.05) is 34.9 Å². The summed E-state index contributed by atoms with van der Waals surface area (Å²) in [6.07, 6.45) is 4.71. The van der Waals surface area contributed by atoms with Crippen molar-refractivity contribution in [2.45, 2.75) is 52.5 Å². The van der Waals surface area contributed by atoms with Gasteiger partial charge in [0, 0.05) is 25.7 Å². The van der Waals surface area contributed by atoms with Gasteiger partial charge < -0.3 is 9.80 Å². The fourth-order valence-corrected chi connectivity index (χ4v) is 2.61. The Labute approximate surface area is 126 Å². The number of rotatable bonds is 6. The van der Waals surface area contributed by atoms with Crippen LogP contribution in [0.25, 0.3) is 0 Å². The summed E-state index contributed by atoms with van der Waals surface area (Å²) in [6, 6.07) is 0.340. The van der Waals surface area contributed by atoms with Gasteiger partial charge in [0.1, 0.15) is 0 Å². The number of hydrazine groups is 1. The minimum absolute atomic E-state index is 0.340. The molecule has 0 radical (unpaired) electrons. The Hall–Kier alpha value is -1.63. The first-order valence-corrected chi connectivity index (χ1v) is 7.90. The minimum atomic E-state index is 0.340. The molecule has 1 fully saturated rings. The van der Waals surface area contributed by atoms with Gasteiger partial charge >= 0.3 is 0 Å². The summed E-state index contributed by atoms with van der Waals surface area (Å²) in [6.45, 7) is 9.38. The first kappa shape index (κ1) is 15.8. The summed E-state index contributed by atoms with van der Waals surface area (Å²) in [4.78, 5) is 17.9. The normalized spacial score (nSPS) is 15.4. The van der Waals surface area contributed by atoms with Crippen molar-refractivity contribution in [3.8, 4) is 0 Å². The first-order valence-electron chi connectivity index (χ1n) is 7.90. The Morgan fingerprint density at radius 3 is 2.48 bits per heavy atom. The zero-order valence-corrected chi connectivity index (χ0v) is 13.3. The Bertz CT molecular complexity index is 443. The highest BCUT2D eigenvalue weighted by Crippen LogP contribution is 2.21. The van der Waals surface area contributed by atoms with Gasteiger partial charge in [-0.1, -0.05) is 6.92 Å². The van der Waals surface area contributed by atoms with Gasteiger partial charge in [-0.3, -0.25) is 5.43 Å². The zero-order valence-electron chi connectivity index (χ0n) is 13.3. The molecule has 118 valence electrons. The molecule has 1 aromatic rings. The van der Waals surface area contributed by atoms with E-state index in [2.05, 4.69) is 50.9 Å². The molecular weight excluding hydrogens is 266 g/mol. The molecule has 0 bridgehead atoms. The second kappa shape index (κ2) is 7.40. The van der Waals surface area contributed by atoms with Gasteiger partial charge in [0.2, 0.25) is 17.8 Å². The molecule has 2 heterocycles. The summed E-state index contributed by atoms with van der Waals surface area (Å²) in [5.74, 6) is 7.40. The molecule has 0 unspecified atom stereocenters. The van der Waals surface area contributed by atoms with Gasteiger partial charge in [-0.25, -0.2) is 5.84 Å². The fraction of sp³-hybridized carbons (Fsp3) is 0.786. The molecule has 0 atom stereocenters. The van der Waals surface area contributed by atoms with Crippen LogP contribution in [0.1, 0.15) is 46.5 Å². The molecule has 0 spiro atoms. The smallest absolute Gasteiger partial charge is 0.243 e. The molecule has 1 aromatic heterocycles. The average molecular weight is 293 g/mol. The maximum absolute atomic E-state index is 5.53. The second-order valence-corrected chi connectivity index (χ2v) is 5.74. The monoisotopic (exact) mass is 293 g/mol. The quantitative estimate of drug-likeness (QED) is 0.611. The van der Waals surface area contributed by atoms with Crippen LogP contribution >= 0.6 is 0 Å². The lowest BCUT2D eigenvalue weighted by atomic mass is 10.1. The Morgan fingerprint density at radius 2 is 1.90 bits per heavy atom. The minimum Gasteiger partial charge on any atom is -0.341 e. The van der Waals surface area contributed by atoms with E-state index in [1.54, 1.807) is 0 Å². The third-order valence-electron chi connectivity index (χ3n) is 3.72. The molecule has 2 rings (SSSR count). The van der Waals surface area contributed by atoms with Crippen LogP contribution in [0.5, 0.6) is 0 Å². The maximum Gasteiger partial charge on any atom is 0.243 e. The largest absolute Gasteiger partial charge is 0.341 e. The summed E-state index contributed by atoms with van der Waals surface area (Å²) < 4.78 is 0. The van der Waals surface area contributed by atoms with Crippen LogP contribution in [-0.2, 0) is 0 Å². The highest BCUT2D eigenvalue weighted by atomic mass is 15.4. The van der Waals surface area contributed by atoms with Gasteiger partial charge in [0.05, 0.1) is 0 Å². The van der Waals surface area contributed by atoms with E-state index >= 15 is 0 Å². The molecule has 7 heteroatoms. The molecule has 0 saturated carbocycles. The fourth-order valence-electron chi connectivity index (χ4n) is 2.61. The molecule has 1 saturated heterocycles. The van der Waals surface area contributed by atoms with Crippen molar-refractivity contribution >= 4 is 17.8 Å². The third kappa shape index (κ3) is 3.93. The van der Waals surface area contributed by atoms with Crippen molar-refractivity contribution < 1.29 is 0 Å². The Balaban J connectivity index is 2.31. The van der Waals surface area contributed by atoms with E-state index in [1.807, 2.05) is 0 Å². The van der Waals surface area contributed by atoms with Gasteiger partial charge in [-0.05, 0) is 39.5 Å². The summed E-state index contributed by atoms with van der Waals surface area (Å²) in [5.41, 5.74) is 2.57. The highest BCUT2D eigenvalue weighted by Gasteiger charge is 2.19. The number of anilines is 3. The van der Waals surface area contributed by atoms with Crippen molar-refractivity contribution in [1.29, 1.82) is 0 Å². The lowest BCUT2D eigenvalue weighted by Gasteiger charge is -2.30. The molecule has 0 amide bonds. The van der Waals surface area contributed by atoms with E-state index < -0.39 is 0 Å². The first-order chi connectivity index (χ1) is 10.2. The lowest BCUT2D eigenvalue weighted by molar-refractivity contribution is 0.565. The van der Waals surface area contributed by atoms with E-state index in [0.717, 1.165) is 32.0 Å². The summed E-state index contributed by atoms with van der Waals surface area (Å²) in [7, 11) is 0. The summed E-state index contributed by atoms with van der Waals surface area (Å²) in [5, 5.41) is 0. The predicted molar refractivity (Wildman–Crippen MR) is 86.5 cm³/mol. The summed E-state index contributed by atoms with van der Waals surface area (Å²) >= 11 is 0. The van der Waals surface area contributed by atoms with Crippen LogP contribution in [0.4, 0.5) is 17.8 Å². The van der Waals surface area contributed by atoms with Crippen LogP contribution in [0.15, 0.2) is 0 Å². The van der Waals surface area contributed by atoms with E-state index in [0.29, 0.717) is 17.9 Å². The van der Waals surface area contributed by atoms with Gasteiger partial charge in [0.15, 0.2) is 0 Å². The maximum atomic E-state index is 5.53. The van der Waals surface area contributed by atoms with Crippen LogP contribution in [0.3, 0.4) is 0 Å². The van der Waals surface area contributed by atoms with Crippen molar-refractivity contribution in [3.05, 3.63) is 0 Å². The van der Waals surface area contributed by atoms with Crippen LogP contribution in [0, 0.1) is 0 Å². The number of aromatic nitrogens is 3. The van der Waals surface area contributed by atoms with Crippen LogP contribution in [0.2, 0.25) is 0 Å². The average Bonchev–Trinajstić information content (AvgIpc) is 2.52. The molecule has 0 aromatic carbocycles. The zero-order chi connectivity index (χ0) is 15.2. The molecule has 7 nitrogen and oxygen atoms in total. The number of hydrogen-bond donors (Lipinski definition) is 2. The number of piperidine rings is 1. The Kier molecular flexibility index (Phi) is 5.55. The van der Waals surface area contributed by atoms with Crippen LogP contribution in [-0.4, -0.2) is 40.6 Å². The number of hydrogen-bond acceptors (Lipinski definition) is 7. The van der Waals surface area contributed by atoms with Crippen molar-refractivity contribution in [1.82, 2.24) is 15.0 Å². The second-order valence-electron chi connectivity index (χ2n) is 5.74. The molecule has 1 aliphatic rings. The number of nitrogens with zero attached hydrogens (tertiary/aromatic N) is 5. The predicted octanol–water partition coefficient (Wildman–Crippen LogP) is 1.77. The molecule has 0 aliphatic carbocycles. The standard InChI is InChI=1S/C14H27N7/c1-4-8-21(11(2)3)14-17-12(19-15)16-13(18-14)20-9-6-5-7-10-20/h11H,4-10,15H2,1-3H3,(H,16,17,18,19). The molecular formula is C14H27N7. The van der Waals surface area contributed by atoms with Crippen LogP contribution < -0.4 is 21.1 Å². The van der Waals surface area contributed by atoms with E-state index in [9.17, 15) is 0 Å². The molecule has 1 aliphatic heterocycles. The van der Waals surface area contributed by atoms with E-state index in [1.165, 1.54) is 19.3 Å². The van der Waals surface area contributed by atoms with Gasteiger partial charge in [-0.2, -0.15) is 15.0 Å².